The molecule has 0 spiro atoms. The van der Waals surface area contributed by atoms with E-state index in [9.17, 15) is 4.79 Å². The van der Waals surface area contributed by atoms with Crippen LogP contribution in [0.3, 0.4) is 0 Å². The first-order valence-corrected chi connectivity index (χ1v) is 4.58. The van der Waals surface area contributed by atoms with Gasteiger partial charge >= 0.3 is 5.69 Å². The molecule has 14 heavy (non-hydrogen) atoms. The molecule has 0 atom stereocenters. The number of rotatable bonds is 3. The summed E-state index contributed by atoms with van der Waals surface area (Å²) < 4.78 is 5.27. The third-order valence-corrected chi connectivity index (χ3v) is 2.05. The molecule has 4 heteroatoms. The Morgan fingerprint density at radius 2 is 2.07 bits per heavy atom. The molecule has 74 valence electrons. The summed E-state index contributed by atoms with van der Waals surface area (Å²) in [5.41, 5.74) is 2.55. The van der Waals surface area contributed by atoms with Crippen LogP contribution in [0.25, 0.3) is 11.0 Å². The maximum absolute atomic E-state index is 11.0. The van der Waals surface area contributed by atoms with Gasteiger partial charge in [0.1, 0.15) is 0 Å². The zero-order chi connectivity index (χ0) is 9.97. The lowest BCUT2D eigenvalue weighted by Gasteiger charge is -2.00. The number of benzene rings is 1. The average Bonchev–Trinajstić information content (AvgIpc) is 2.54. The maximum atomic E-state index is 11.0. The van der Waals surface area contributed by atoms with Crippen LogP contribution < -0.4 is 5.69 Å². The molecule has 1 aromatic heterocycles. The van der Waals surface area contributed by atoms with Gasteiger partial charge in [-0.2, -0.15) is 0 Å². The van der Waals surface area contributed by atoms with Crippen molar-refractivity contribution in [3.8, 4) is 0 Å². The van der Waals surface area contributed by atoms with E-state index in [1.54, 1.807) is 0 Å². The van der Waals surface area contributed by atoms with Gasteiger partial charge in [-0.25, -0.2) is 4.79 Å². The van der Waals surface area contributed by atoms with Gasteiger partial charge in [-0.15, -0.1) is 0 Å². The van der Waals surface area contributed by atoms with Gasteiger partial charge in [-0.3, -0.25) is 0 Å². The van der Waals surface area contributed by atoms with E-state index in [0.717, 1.165) is 16.6 Å². The Kier molecular flexibility index (Phi) is 2.37. The van der Waals surface area contributed by atoms with Crippen LogP contribution in [0.1, 0.15) is 12.5 Å². The number of ether oxygens (including phenoxy) is 1. The second-order valence-corrected chi connectivity index (χ2v) is 3.10. The molecule has 0 fully saturated rings. The van der Waals surface area contributed by atoms with E-state index in [1.165, 1.54) is 0 Å². The predicted molar refractivity (Wildman–Crippen MR) is 54.2 cm³/mol. The third-order valence-electron chi connectivity index (χ3n) is 2.05. The van der Waals surface area contributed by atoms with Gasteiger partial charge < -0.3 is 14.7 Å². The molecule has 0 aliphatic carbocycles. The fourth-order valence-electron chi connectivity index (χ4n) is 1.39. The highest BCUT2D eigenvalue weighted by Gasteiger charge is 1.99. The molecular weight excluding hydrogens is 180 g/mol. The van der Waals surface area contributed by atoms with Crippen LogP contribution in [0.5, 0.6) is 0 Å². The zero-order valence-electron chi connectivity index (χ0n) is 7.96. The molecular formula is C10H12N2O2. The van der Waals surface area contributed by atoms with Gasteiger partial charge in [-0.05, 0) is 24.6 Å². The van der Waals surface area contributed by atoms with Crippen LogP contribution in [0.15, 0.2) is 23.0 Å². The fraction of sp³-hybridized carbons (Fsp3) is 0.300. The number of imidazole rings is 1. The van der Waals surface area contributed by atoms with Crippen LogP contribution in [0.4, 0.5) is 0 Å². The van der Waals surface area contributed by atoms with Gasteiger partial charge in [-0.1, -0.05) is 6.07 Å². The predicted octanol–water partition coefficient (Wildman–Crippen LogP) is 1.39. The molecule has 2 aromatic rings. The van der Waals surface area contributed by atoms with Crippen molar-refractivity contribution in [2.24, 2.45) is 0 Å². The van der Waals surface area contributed by atoms with Gasteiger partial charge in [0.05, 0.1) is 17.6 Å². The monoisotopic (exact) mass is 192 g/mol. The summed E-state index contributed by atoms with van der Waals surface area (Å²) in [5, 5.41) is 0. The smallest absolute Gasteiger partial charge is 0.323 e. The minimum Gasteiger partial charge on any atom is -0.377 e. The van der Waals surface area contributed by atoms with Gasteiger partial charge in [0.25, 0.3) is 0 Å². The zero-order valence-corrected chi connectivity index (χ0v) is 7.96. The van der Waals surface area contributed by atoms with Gasteiger partial charge in [0.15, 0.2) is 0 Å². The normalized spacial score (nSPS) is 10.9. The van der Waals surface area contributed by atoms with E-state index >= 15 is 0 Å². The summed E-state index contributed by atoms with van der Waals surface area (Å²) >= 11 is 0. The van der Waals surface area contributed by atoms with Crippen molar-refractivity contribution < 1.29 is 4.74 Å². The molecule has 4 nitrogen and oxygen atoms in total. The van der Waals surface area contributed by atoms with E-state index in [1.807, 2.05) is 25.1 Å². The van der Waals surface area contributed by atoms with Crippen molar-refractivity contribution in [2.45, 2.75) is 13.5 Å². The lowest BCUT2D eigenvalue weighted by Crippen LogP contribution is -1.99. The lowest BCUT2D eigenvalue weighted by molar-refractivity contribution is 0.134. The van der Waals surface area contributed by atoms with Crippen molar-refractivity contribution >= 4 is 11.0 Å². The number of fused-ring (bicyclic) bond motifs is 1. The first-order valence-electron chi connectivity index (χ1n) is 4.58. The SMILES string of the molecule is CCOCc1ccc2[nH]c(=O)[nH]c2c1. The van der Waals surface area contributed by atoms with Crippen molar-refractivity contribution in [2.75, 3.05) is 6.61 Å². The summed E-state index contributed by atoms with van der Waals surface area (Å²) in [7, 11) is 0. The fourth-order valence-corrected chi connectivity index (χ4v) is 1.39. The Hall–Kier alpha value is -1.55. The summed E-state index contributed by atoms with van der Waals surface area (Å²) in [6.07, 6.45) is 0. The minimum atomic E-state index is -0.173. The first kappa shape index (κ1) is 9.02. The summed E-state index contributed by atoms with van der Waals surface area (Å²) in [5.74, 6) is 0. The van der Waals surface area contributed by atoms with Crippen molar-refractivity contribution in [1.82, 2.24) is 9.97 Å². The highest BCUT2D eigenvalue weighted by molar-refractivity contribution is 5.74. The highest BCUT2D eigenvalue weighted by Crippen LogP contribution is 2.10. The number of aromatic nitrogens is 2. The third kappa shape index (κ3) is 1.70. The molecule has 1 aromatic carbocycles. The summed E-state index contributed by atoms with van der Waals surface area (Å²) in [6, 6.07) is 5.74. The summed E-state index contributed by atoms with van der Waals surface area (Å²) in [4.78, 5) is 16.4. The number of aromatic amines is 2. The van der Waals surface area contributed by atoms with Gasteiger partial charge in [0.2, 0.25) is 0 Å². The number of H-pyrrole nitrogens is 2. The lowest BCUT2D eigenvalue weighted by atomic mass is 10.2. The first-order chi connectivity index (χ1) is 6.79. The number of nitrogens with one attached hydrogen (secondary N) is 2. The molecule has 1 heterocycles. The molecule has 0 radical (unpaired) electrons. The van der Waals surface area contributed by atoms with E-state index < -0.39 is 0 Å². The molecule has 0 bridgehead atoms. The molecule has 0 unspecified atom stereocenters. The van der Waals surface area contributed by atoms with Crippen LogP contribution in [-0.2, 0) is 11.3 Å². The molecule has 2 rings (SSSR count). The van der Waals surface area contributed by atoms with Crippen LogP contribution in [0, 0.1) is 0 Å². The van der Waals surface area contributed by atoms with E-state index in [0.29, 0.717) is 13.2 Å². The Bertz CT molecular complexity index is 484. The van der Waals surface area contributed by atoms with E-state index in [-0.39, 0.29) is 5.69 Å². The van der Waals surface area contributed by atoms with E-state index in [2.05, 4.69) is 9.97 Å². The topological polar surface area (TPSA) is 57.9 Å². The number of hydrogen-bond donors (Lipinski definition) is 2. The number of hydrogen-bond acceptors (Lipinski definition) is 2. The van der Waals surface area contributed by atoms with Gasteiger partial charge in [0, 0.05) is 6.61 Å². The average molecular weight is 192 g/mol. The molecule has 0 saturated carbocycles. The van der Waals surface area contributed by atoms with E-state index in [4.69, 9.17) is 4.74 Å². The van der Waals surface area contributed by atoms with Crippen LogP contribution in [-0.4, -0.2) is 16.6 Å². The standard InChI is InChI=1S/C10H12N2O2/c1-2-14-6-7-3-4-8-9(5-7)12-10(13)11-8/h3-5H,2,6H2,1H3,(H2,11,12,13). The van der Waals surface area contributed by atoms with Crippen LogP contribution in [0.2, 0.25) is 0 Å². The minimum absolute atomic E-state index is 0.173. The molecule has 0 aliphatic rings. The maximum Gasteiger partial charge on any atom is 0.323 e. The van der Waals surface area contributed by atoms with Crippen molar-refractivity contribution in [3.63, 3.8) is 0 Å². The second-order valence-electron chi connectivity index (χ2n) is 3.10. The largest absolute Gasteiger partial charge is 0.377 e. The summed E-state index contributed by atoms with van der Waals surface area (Å²) in [6.45, 7) is 3.23. The van der Waals surface area contributed by atoms with Crippen molar-refractivity contribution in [1.29, 1.82) is 0 Å². The quantitative estimate of drug-likeness (QED) is 0.772. The Labute approximate surface area is 80.9 Å². The molecule has 0 aliphatic heterocycles. The second kappa shape index (κ2) is 3.67. The Balaban J connectivity index is 2.35. The molecule has 0 saturated heterocycles. The van der Waals surface area contributed by atoms with Crippen molar-refractivity contribution in [3.05, 3.63) is 34.2 Å². The highest BCUT2D eigenvalue weighted by atomic mass is 16.5. The molecule has 2 N–H and O–H groups in total. The molecule has 0 amide bonds. The Morgan fingerprint density at radius 1 is 1.29 bits per heavy atom. The van der Waals surface area contributed by atoms with Crippen LogP contribution >= 0.6 is 0 Å². The Morgan fingerprint density at radius 3 is 2.86 bits per heavy atom.